The van der Waals surface area contributed by atoms with Crippen LogP contribution in [0.5, 0.6) is 5.75 Å². The normalized spacial score (nSPS) is 31.5. The molecule has 2 amide bonds. The summed E-state index contributed by atoms with van der Waals surface area (Å²) in [4.78, 5) is 42.2. The fourth-order valence-corrected chi connectivity index (χ4v) is 9.94. The Kier molecular flexibility index (Phi) is 23.4. The summed E-state index contributed by atoms with van der Waals surface area (Å²) in [5.74, 6) is -1.32. The number of hydrogen-bond donors (Lipinski definition) is 14. The molecule has 2 aromatic carbocycles. The summed E-state index contributed by atoms with van der Waals surface area (Å²) >= 11 is 19.3. The highest BCUT2D eigenvalue weighted by Gasteiger charge is 2.53. The summed E-state index contributed by atoms with van der Waals surface area (Å²) in [6.45, 7) is 1.09. The van der Waals surface area contributed by atoms with Crippen LogP contribution in [0.2, 0.25) is 10.0 Å². The number of carbonyl (C=O) groups is 3. The number of benzene rings is 2. The molecule has 4 heterocycles. The van der Waals surface area contributed by atoms with Gasteiger partial charge in [-0.25, -0.2) is 4.68 Å². The molecule has 428 valence electrons. The van der Waals surface area contributed by atoms with Crippen molar-refractivity contribution in [1.82, 2.24) is 20.2 Å². The van der Waals surface area contributed by atoms with Crippen molar-refractivity contribution < 1.29 is 83.8 Å². The first kappa shape index (κ1) is 62.2. The maximum Gasteiger partial charge on any atom is 0.307 e. The van der Waals surface area contributed by atoms with Crippen molar-refractivity contribution in [3.05, 3.63) is 69.5 Å². The average Bonchev–Trinajstić information content (AvgIpc) is 4.06. The molecule has 3 fully saturated rings. The summed E-state index contributed by atoms with van der Waals surface area (Å²) in [5.41, 5.74) is 27.8. The topological polar surface area (TPSA) is 440 Å². The molecule has 2 saturated heterocycles. The maximum absolute atomic E-state index is 12.6. The molecule has 0 spiro atoms. The number of thioether (sulfide) groups is 1. The summed E-state index contributed by atoms with van der Waals surface area (Å²) in [6, 6.07) is 9.15. The van der Waals surface area contributed by atoms with Gasteiger partial charge in [0.15, 0.2) is 24.5 Å². The lowest BCUT2D eigenvalue weighted by atomic mass is 9.83. The Morgan fingerprint density at radius 2 is 1.61 bits per heavy atom. The van der Waals surface area contributed by atoms with Gasteiger partial charge in [0, 0.05) is 45.9 Å². The van der Waals surface area contributed by atoms with Gasteiger partial charge in [0.1, 0.15) is 79.5 Å². The molecule has 0 bridgehead atoms. The van der Waals surface area contributed by atoms with Gasteiger partial charge >= 0.3 is 5.91 Å². The zero-order chi connectivity index (χ0) is 56.2. The number of aliphatic hydroxyl groups is 8. The number of hydrogen-bond acceptors (Lipinski definition) is 25. The van der Waals surface area contributed by atoms with E-state index in [4.69, 9.17) is 86.3 Å². The predicted octanol–water partition coefficient (Wildman–Crippen LogP) is -3.01. The zero-order valence-electron chi connectivity index (χ0n) is 41.3. The van der Waals surface area contributed by atoms with E-state index in [2.05, 4.69) is 26.1 Å². The number of amides is 2. The number of carbonyl (C=O) groups excluding carboxylic acids is 3. The molecule has 7 rings (SSSR count). The van der Waals surface area contributed by atoms with E-state index in [-0.39, 0.29) is 38.6 Å². The standard InChI is InChI=1S/C24H22Cl3N5O4S.C22H43N5O13/c1-2-9-37-24-29-28-22(32(24)30-23(34)19(33)12-25)13-35-20-6-4-3-5-16(20)18-11-21(36-31-18)15-8-7-14(26)10-17(15)27;23-2-1-8(29)20(36)27-7-3-6(25)18(39-22-16(34)15(33)13(31)9(4-24)37-22)17(35)19(7)40-21-14(32)11(26)12(30)10(5-28)38-21/h3-8,10,21H,2,9,11-13H2,1H3,(H,30,34);6-19,21-22,28-35H,1-5,23-26H2,(H,27,36)/t;6-,7+,8-,9+,10+,11-,12+,13+,14+,15-,16+,17-,18+,19-,21+,22+/m.0/s1. The Labute approximate surface area is 460 Å². The number of nitrogens with one attached hydrogen (secondary N) is 2. The molecule has 17 atom stereocenters. The predicted molar refractivity (Wildman–Crippen MR) is 275 cm³/mol. The fraction of sp³-hybridized carbons (Fsp3) is 0.609. The molecule has 18 N–H and O–H groups in total. The van der Waals surface area contributed by atoms with E-state index in [0.29, 0.717) is 38.9 Å². The molecule has 4 aliphatic rings. The van der Waals surface area contributed by atoms with E-state index in [0.717, 1.165) is 23.3 Å². The van der Waals surface area contributed by atoms with Gasteiger partial charge in [-0.05, 0) is 50.1 Å². The molecule has 1 aromatic heterocycles. The number of rotatable bonds is 21. The number of Topliss-reactive ketones (excluding diaryl/α,β-unsaturated/α-hetero) is 1. The quantitative estimate of drug-likeness (QED) is 0.0287. The minimum Gasteiger partial charge on any atom is -0.485 e. The molecule has 77 heavy (non-hydrogen) atoms. The van der Waals surface area contributed by atoms with E-state index >= 15 is 0 Å². The number of ketones is 1. The molecule has 3 aromatic rings. The third kappa shape index (κ3) is 15.3. The summed E-state index contributed by atoms with van der Waals surface area (Å²) < 4.78 is 29.9. The highest BCUT2D eigenvalue weighted by Crippen LogP contribution is 2.37. The lowest BCUT2D eigenvalue weighted by Crippen LogP contribution is -2.69. The molecule has 31 heteroatoms. The Bertz CT molecular complexity index is 2470. The SMILES string of the molecule is CCCSc1nnc(COc2ccccc2C2=NOC(c3ccc(Cl)cc3Cl)C2)n1NC(=O)C(=O)CCl.NCC[C@H](O)C(=O)N[C@@H]1C[C@H](N)[C@@H](O[C@H]2O[C@H](CN)[C@@H](O)[C@H](O)[C@H]2O)[C@H](O)[C@H]1O[C@H]1O[C@H](CO)[C@@H](O)[C@H](N)[C@H]1O. The molecule has 1 aliphatic carbocycles. The Morgan fingerprint density at radius 3 is 2.29 bits per heavy atom. The molecular weight excluding hydrogens is 1100 g/mol. The van der Waals surface area contributed by atoms with Crippen molar-refractivity contribution >= 4 is 69.9 Å². The molecule has 27 nitrogen and oxygen atoms in total. The molecule has 1 unspecified atom stereocenters. The average molecular weight is 1170 g/mol. The van der Waals surface area contributed by atoms with Gasteiger partial charge < -0.3 is 97.6 Å². The van der Waals surface area contributed by atoms with Crippen LogP contribution in [-0.2, 0) is 44.8 Å². The van der Waals surface area contributed by atoms with Crippen LogP contribution in [0.4, 0.5) is 0 Å². The number of para-hydroxylation sites is 1. The van der Waals surface area contributed by atoms with Crippen molar-refractivity contribution in [2.45, 2.75) is 148 Å². The van der Waals surface area contributed by atoms with E-state index in [1.165, 1.54) is 16.4 Å². The first-order chi connectivity index (χ1) is 36.8. The Balaban J connectivity index is 0.000000250. The van der Waals surface area contributed by atoms with Crippen LogP contribution in [-0.4, -0.2) is 208 Å². The van der Waals surface area contributed by atoms with Gasteiger partial charge in [-0.3, -0.25) is 19.8 Å². The highest BCUT2D eigenvalue weighted by atomic mass is 35.5. The van der Waals surface area contributed by atoms with Gasteiger partial charge in [0.25, 0.3) is 0 Å². The fourth-order valence-electron chi connectivity index (χ4n) is 8.52. The number of oxime groups is 1. The minimum absolute atomic E-state index is 0.0101. The number of nitrogens with zero attached hydrogens (tertiary/aromatic N) is 4. The van der Waals surface area contributed by atoms with Crippen molar-refractivity contribution in [3.63, 3.8) is 0 Å². The molecule has 1 saturated carbocycles. The number of aromatic nitrogens is 3. The van der Waals surface area contributed by atoms with E-state index in [9.17, 15) is 55.2 Å². The van der Waals surface area contributed by atoms with Gasteiger partial charge in [0.05, 0.1) is 30.3 Å². The smallest absolute Gasteiger partial charge is 0.307 e. The summed E-state index contributed by atoms with van der Waals surface area (Å²) in [7, 11) is 0. The van der Waals surface area contributed by atoms with E-state index in [1.807, 2.05) is 31.2 Å². The van der Waals surface area contributed by atoms with Crippen LogP contribution in [0.1, 0.15) is 55.7 Å². The van der Waals surface area contributed by atoms with Crippen LogP contribution in [0.3, 0.4) is 0 Å². The first-order valence-electron chi connectivity index (χ1n) is 24.3. The number of ether oxygens (including phenoxy) is 5. The van der Waals surface area contributed by atoms with Crippen LogP contribution in [0, 0.1) is 0 Å². The second-order valence-electron chi connectivity index (χ2n) is 18.2. The van der Waals surface area contributed by atoms with E-state index in [1.54, 1.807) is 18.2 Å². The third-order valence-corrected chi connectivity index (χ3v) is 14.7. The van der Waals surface area contributed by atoms with Gasteiger partial charge in [0.2, 0.25) is 16.8 Å². The lowest BCUT2D eigenvalue weighted by molar-refractivity contribution is -0.332. The largest absolute Gasteiger partial charge is 0.485 e. The van der Waals surface area contributed by atoms with Crippen LogP contribution < -0.4 is 38.4 Å². The van der Waals surface area contributed by atoms with Crippen molar-refractivity contribution in [1.29, 1.82) is 0 Å². The Hall–Kier alpha value is -3.96. The number of halogens is 3. The van der Waals surface area contributed by atoms with Crippen LogP contribution in [0.15, 0.2) is 52.8 Å². The number of nitrogens with two attached hydrogens (primary N) is 4. The maximum atomic E-state index is 12.6. The number of aliphatic hydroxyl groups excluding tert-OH is 8. The minimum atomic E-state index is -1.76. The molecular formula is C46H65Cl3N10O17S. The van der Waals surface area contributed by atoms with Crippen molar-refractivity contribution in [2.24, 2.45) is 28.1 Å². The molecule has 0 radical (unpaired) electrons. The first-order valence-corrected chi connectivity index (χ1v) is 26.6. The number of alkyl halides is 1. The van der Waals surface area contributed by atoms with Gasteiger partial charge in [-0.2, -0.15) is 0 Å². The van der Waals surface area contributed by atoms with Gasteiger partial charge in [-0.1, -0.05) is 65.2 Å². The van der Waals surface area contributed by atoms with Crippen molar-refractivity contribution in [3.8, 4) is 5.75 Å². The second kappa shape index (κ2) is 29.0. The Morgan fingerprint density at radius 1 is 0.909 bits per heavy atom. The third-order valence-electron chi connectivity index (χ3n) is 12.8. The monoisotopic (exact) mass is 1170 g/mol. The summed E-state index contributed by atoms with van der Waals surface area (Å²) in [5, 5.41) is 98.9. The highest BCUT2D eigenvalue weighted by molar-refractivity contribution is 7.99. The van der Waals surface area contributed by atoms with Crippen LogP contribution in [0.25, 0.3) is 0 Å². The zero-order valence-corrected chi connectivity index (χ0v) is 44.4. The second-order valence-corrected chi connectivity index (χ2v) is 20.4. The van der Waals surface area contributed by atoms with E-state index < -0.39 is 128 Å². The molecule has 3 aliphatic heterocycles. The van der Waals surface area contributed by atoms with Crippen LogP contribution >= 0.6 is 46.6 Å². The lowest BCUT2D eigenvalue weighted by Gasteiger charge is -2.49. The van der Waals surface area contributed by atoms with Crippen molar-refractivity contribution in [2.75, 3.05) is 36.8 Å². The summed E-state index contributed by atoms with van der Waals surface area (Å²) in [6.07, 6.45) is -18.8. The van der Waals surface area contributed by atoms with Gasteiger partial charge in [-0.15, -0.1) is 21.8 Å².